The Bertz CT molecular complexity index is 1560. The monoisotopic (exact) mass is 789 g/mol. The zero-order valence-corrected chi connectivity index (χ0v) is 32.9. The maximum atomic E-state index is 13.9. The van der Waals surface area contributed by atoms with Gasteiger partial charge in [0.15, 0.2) is 5.03 Å². The molecule has 0 aromatic heterocycles. The van der Waals surface area contributed by atoms with Gasteiger partial charge in [0.25, 0.3) is 11.9 Å². The van der Waals surface area contributed by atoms with Gasteiger partial charge in [0.05, 0.1) is 17.0 Å². The molecule has 0 aliphatic heterocycles. The average molecular weight is 790 g/mol. The fourth-order valence-electron chi connectivity index (χ4n) is 6.67. The fraction of sp³-hybridized carbons (Fsp3) is 0.676. The highest BCUT2D eigenvalue weighted by atomic mass is 32.2. The van der Waals surface area contributed by atoms with Gasteiger partial charge in [-0.3, -0.25) is 19.2 Å². The van der Waals surface area contributed by atoms with Crippen LogP contribution in [0, 0.1) is 39.2 Å². The van der Waals surface area contributed by atoms with E-state index in [1.54, 1.807) is 18.2 Å². The van der Waals surface area contributed by atoms with Gasteiger partial charge in [0.2, 0.25) is 27.6 Å². The number of nitrogens with one attached hydrogen (secondary N) is 5. The molecule has 1 aromatic rings. The number of nitro groups is 1. The maximum absolute atomic E-state index is 13.9. The largest absolute Gasteiger partial charge is 0.365 e. The third-order valence-electron chi connectivity index (χ3n) is 9.48. The predicted molar refractivity (Wildman–Crippen MR) is 207 cm³/mol. The van der Waals surface area contributed by atoms with Gasteiger partial charge in [-0.1, -0.05) is 77.0 Å². The Morgan fingerprint density at radius 3 is 2.16 bits per heavy atom. The van der Waals surface area contributed by atoms with Crippen LogP contribution in [0.3, 0.4) is 0 Å². The Kier molecular flexibility index (Phi) is 21.5. The molecule has 2 rings (SSSR count). The molecular formula is C37H59N9O8S. The van der Waals surface area contributed by atoms with Crippen LogP contribution >= 0.6 is 0 Å². The van der Waals surface area contributed by atoms with E-state index in [2.05, 4.69) is 37.2 Å². The number of nitrogens with two attached hydrogens (primary N) is 1. The summed E-state index contributed by atoms with van der Waals surface area (Å²) in [5.74, 6) is -3.50. The minimum absolute atomic E-state index is 0.0524. The third kappa shape index (κ3) is 18.5. The molecule has 1 saturated carbocycles. The Morgan fingerprint density at radius 2 is 1.53 bits per heavy atom. The molecule has 0 bridgehead atoms. The molecule has 17 nitrogen and oxygen atoms in total. The first-order valence-electron chi connectivity index (χ1n) is 19.3. The van der Waals surface area contributed by atoms with E-state index in [4.69, 9.17) is 11.0 Å². The smallest absolute Gasteiger partial charge is 0.289 e. The summed E-state index contributed by atoms with van der Waals surface area (Å²) in [6.45, 7) is 3.39. The quantitative estimate of drug-likeness (QED) is 0.0188. The lowest BCUT2D eigenvalue weighted by molar-refractivity contribution is -0.485. The highest BCUT2D eigenvalue weighted by Crippen LogP contribution is 2.34. The number of amides is 3. The Balaban J connectivity index is 2.12. The number of hydrogen-bond acceptors (Lipinski definition) is 9. The number of guanidine groups is 1. The number of hydrazone groups is 1. The van der Waals surface area contributed by atoms with Gasteiger partial charge in [0.1, 0.15) is 11.1 Å². The lowest BCUT2D eigenvalue weighted by atomic mass is 9.85. The Morgan fingerprint density at radius 1 is 0.891 bits per heavy atom. The van der Waals surface area contributed by atoms with E-state index in [9.17, 15) is 37.7 Å². The first kappa shape index (κ1) is 46.5. The van der Waals surface area contributed by atoms with E-state index < -0.39 is 50.7 Å². The normalized spacial score (nSPS) is 15.1. The molecule has 306 valence electrons. The highest BCUT2D eigenvalue weighted by molar-refractivity contribution is 7.89. The number of ketones is 1. The number of benzene rings is 1. The predicted octanol–water partition coefficient (Wildman–Crippen LogP) is 2.99. The molecule has 1 unspecified atom stereocenters. The Labute approximate surface area is 324 Å². The molecule has 0 saturated heterocycles. The topological polar surface area (TPSA) is 268 Å². The lowest BCUT2D eigenvalue weighted by Gasteiger charge is -2.27. The van der Waals surface area contributed by atoms with Crippen molar-refractivity contribution in [2.75, 3.05) is 19.6 Å². The fourth-order valence-corrected chi connectivity index (χ4v) is 7.73. The maximum Gasteiger partial charge on any atom is 0.289 e. The summed E-state index contributed by atoms with van der Waals surface area (Å²) < 4.78 is 27.3. The van der Waals surface area contributed by atoms with Crippen LogP contribution in [0.1, 0.15) is 110 Å². The lowest BCUT2D eigenvalue weighted by Crippen LogP contribution is -2.55. The van der Waals surface area contributed by atoms with Crippen LogP contribution in [-0.2, 0) is 29.2 Å². The van der Waals surface area contributed by atoms with Crippen molar-refractivity contribution in [2.45, 2.75) is 127 Å². The third-order valence-corrected chi connectivity index (χ3v) is 11.0. The van der Waals surface area contributed by atoms with Gasteiger partial charge in [-0.05, 0) is 68.9 Å². The van der Waals surface area contributed by atoms with Gasteiger partial charge in [0, 0.05) is 32.0 Å². The molecule has 3 amide bonds. The summed E-state index contributed by atoms with van der Waals surface area (Å²) in [4.78, 5) is 64.8. The van der Waals surface area contributed by atoms with E-state index in [1.165, 1.54) is 12.1 Å². The van der Waals surface area contributed by atoms with E-state index in [1.807, 2.05) is 13.8 Å². The van der Waals surface area contributed by atoms with E-state index in [0.29, 0.717) is 12.8 Å². The number of carbonyl (C=O) groups is 4. The second kappa shape index (κ2) is 25.4. The van der Waals surface area contributed by atoms with Gasteiger partial charge >= 0.3 is 0 Å². The van der Waals surface area contributed by atoms with Crippen molar-refractivity contribution in [3.63, 3.8) is 0 Å². The van der Waals surface area contributed by atoms with Crippen molar-refractivity contribution in [1.82, 2.24) is 26.0 Å². The minimum atomic E-state index is -3.82. The van der Waals surface area contributed by atoms with E-state index in [0.717, 1.165) is 64.2 Å². The van der Waals surface area contributed by atoms with Crippen LogP contribution in [0.15, 0.2) is 40.3 Å². The molecule has 3 atom stereocenters. The minimum Gasteiger partial charge on any atom is -0.365 e. The molecule has 18 heteroatoms. The molecular weight excluding hydrogens is 731 g/mol. The van der Waals surface area contributed by atoms with Crippen molar-refractivity contribution in [3.8, 4) is 6.07 Å². The number of carbonyl (C=O) groups excluding carboxylic acids is 4. The van der Waals surface area contributed by atoms with Gasteiger partial charge in [-0.15, -0.1) is 0 Å². The molecule has 7 N–H and O–H groups in total. The zero-order chi connectivity index (χ0) is 40.6. The van der Waals surface area contributed by atoms with Crippen molar-refractivity contribution in [1.29, 1.82) is 5.26 Å². The number of rotatable bonds is 27. The number of nitriles is 1. The van der Waals surface area contributed by atoms with Gasteiger partial charge in [-0.2, -0.15) is 5.26 Å². The number of hydrogen-bond donors (Lipinski definition) is 6. The van der Waals surface area contributed by atoms with Crippen LogP contribution in [-0.4, -0.2) is 74.6 Å². The molecule has 1 aliphatic rings. The van der Waals surface area contributed by atoms with E-state index in [-0.39, 0.29) is 67.5 Å². The summed E-state index contributed by atoms with van der Waals surface area (Å²) in [6, 6.07) is 7.52. The second-order valence-corrected chi connectivity index (χ2v) is 16.1. The van der Waals surface area contributed by atoms with Gasteiger partial charge < -0.3 is 27.0 Å². The highest BCUT2D eigenvalue weighted by Gasteiger charge is 2.34. The summed E-state index contributed by atoms with van der Waals surface area (Å²) in [7, 11) is -3.82. The summed E-state index contributed by atoms with van der Waals surface area (Å²) >= 11 is 0. The van der Waals surface area contributed by atoms with Crippen LogP contribution in [0.4, 0.5) is 0 Å². The Hall–Kier alpha value is -4.63. The molecule has 55 heavy (non-hydrogen) atoms. The molecule has 0 heterocycles. The summed E-state index contributed by atoms with van der Waals surface area (Å²) in [6.07, 6.45) is 11.2. The van der Waals surface area contributed by atoms with Crippen LogP contribution in [0.5, 0.6) is 0 Å². The van der Waals surface area contributed by atoms with E-state index >= 15 is 0 Å². The van der Waals surface area contributed by atoms with Crippen LogP contribution in [0.25, 0.3) is 0 Å². The first-order valence-corrected chi connectivity index (χ1v) is 20.8. The number of sulfonamides is 1. The van der Waals surface area contributed by atoms with Crippen molar-refractivity contribution in [3.05, 3.63) is 40.4 Å². The first-order chi connectivity index (χ1) is 26.2. The number of nitrogens with zero attached hydrogens (tertiary/aromatic N) is 3. The SMILES string of the molecule is CC(C)C[C@H](NC(=O)[C@H](CCCN/C(N)=N/[N+](=O)[O-])NC(=O)C(CCCCCCCCC#N)C1CCCC1)C(=O)C(=O)NCCNS(=O)(=O)c1ccccc1. The van der Waals surface area contributed by atoms with Crippen molar-refractivity contribution >= 4 is 39.5 Å². The zero-order valence-electron chi connectivity index (χ0n) is 32.1. The van der Waals surface area contributed by atoms with Crippen molar-refractivity contribution < 1.29 is 32.6 Å². The van der Waals surface area contributed by atoms with Crippen LogP contribution in [0.2, 0.25) is 0 Å². The number of unbranched alkanes of at least 4 members (excludes halogenated alkanes) is 6. The molecule has 1 aromatic carbocycles. The van der Waals surface area contributed by atoms with Crippen LogP contribution < -0.4 is 31.7 Å². The summed E-state index contributed by atoms with van der Waals surface area (Å²) in [5.41, 5.74) is 5.53. The summed E-state index contributed by atoms with van der Waals surface area (Å²) in [5, 5.41) is 32.1. The molecule has 0 spiro atoms. The average Bonchev–Trinajstić information content (AvgIpc) is 3.68. The standard InChI is InChI=1S/C37H59N9O8S/c1-27(2)26-32(33(47)36(50)40-24-25-42-55(53,54)29-18-9-8-10-19-29)44-35(49)31(21-15-23-41-37(39)45-46(51)52)43-34(48)30(28-16-12-13-17-28)20-11-6-4-3-5-7-14-22-38/h8-10,18-19,27-28,30-32,42H,3-7,11-17,20-21,23-26H2,1-2H3,(H,40,50)(H,43,48)(H,44,49)(H3,39,41,45)/t30?,31-,32-/m0/s1. The van der Waals surface area contributed by atoms with Crippen molar-refractivity contribution in [2.24, 2.45) is 28.6 Å². The van der Waals surface area contributed by atoms with Gasteiger partial charge in [-0.25, -0.2) is 23.3 Å². The second-order valence-electron chi connectivity index (χ2n) is 14.3. The molecule has 1 fully saturated rings. The molecule has 0 radical (unpaired) electrons. The molecule has 1 aliphatic carbocycles. The number of Topliss-reactive ketones (excluding diaryl/α,β-unsaturated/α-hetero) is 1.